The average molecular weight is 313 g/mol. The summed E-state index contributed by atoms with van der Waals surface area (Å²) in [5.41, 5.74) is 5.85. The Balaban J connectivity index is 1.73. The van der Waals surface area contributed by atoms with Crippen molar-refractivity contribution in [1.82, 2.24) is 4.98 Å². The standard InChI is InChI=1S/C16H15N3O2S/c1-11(12-7-9-13(10-8-12)21-20-2)18-19-16-17-14-5-3-4-6-15(14)22-16/h3-10H,1-2H3,(H,17,19)/b18-11-. The van der Waals surface area contributed by atoms with Gasteiger partial charge in [-0.15, -0.1) is 0 Å². The second-order valence-corrected chi connectivity index (χ2v) is 5.60. The Hall–Kier alpha value is -2.44. The minimum absolute atomic E-state index is 0.651. The van der Waals surface area contributed by atoms with Crippen LogP contribution in [0.5, 0.6) is 5.75 Å². The van der Waals surface area contributed by atoms with Crippen LogP contribution in [-0.4, -0.2) is 17.8 Å². The Kier molecular flexibility index (Phi) is 4.32. The monoisotopic (exact) mass is 313 g/mol. The van der Waals surface area contributed by atoms with Crippen LogP contribution >= 0.6 is 11.3 Å². The van der Waals surface area contributed by atoms with E-state index in [1.54, 1.807) is 11.3 Å². The summed E-state index contributed by atoms with van der Waals surface area (Å²) in [5, 5.41) is 5.16. The Bertz CT molecular complexity index is 764. The van der Waals surface area contributed by atoms with Gasteiger partial charge in [-0.2, -0.15) is 9.99 Å². The number of fused-ring (bicyclic) bond motifs is 1. The molecular formula is C16H15N3O2S. The first-order valence-corrected chi connectivity index (χ1v) is 7.55. The third-order valence-electron chi connectivity index (χ3n) is 3.06. The van der Waals surface area contributed by atoms with E-state index in [0.717, 1.165) is 26.6 Å². The van der Waals surface area contributed by atoms with Gasteiger partial charge in [0, 0.05) is 0 Å². The van der Waals surface area contributed by atoms with Crippen molar-refractivity contribution in [3.63, 3.8) is 0 Å². The summed E-state index contributed by atoms with van der Waals surface area (Å²) in [6.45, 7) is 1.94. The highest BCUT2D eigenvalue weighted by atomic mass is 32.1. The zero-order chi connectivity index (χ0) is 15.4. The lowest BCUT2D eigenvalue weighted by atomic mass is 10.1. The Labute approximate surface area is 132 Å². The molecule has 1 N–H and O–H groups in total. The van der Waals surface area contributed by atoms with Gasteiger partial charge < -0.3 is 4.89 Å². The van der Waals surface area contributed by atoms with Crippen LogP contribution in [0.3, 0.4) is 0 Å². The van der Waals surface area contributed by atoms with Crippen LogP contribution in [-0.2, 0) is 4.89 Å². The zero-order valence-corrected chi connectivity index (χ0v) is 13.1. The van der Waals surface area contributed by atoms with E-state index < -0.39 is 0 Å². The number of nitrogens with one attached hydrogen (secondary N) is 1. The van der Waals surface area contributed by atoms with E-state index in [0.29, 0.717) is 5.75 Å². The largest absolute Gasteiger partial charge is 0.338 e. The quantitative estimate of drug-likeness (QED) is 0.438. The van der Waals surface area contributed by atoms with Crippen molar-refractivity contribution in [3.05, 3.63) is 54.1 Å². The fourth-order valence-corrected chi connectivity index (χ4v) is 2.77. The summed E-state index contributed by atoms with van der Waals surface area (Å²) in [6.07, 6.45) is 0. The molecule has 1 aromatic heterocycles. The van der Waals surface area contributed by atoms with Crippen molar-refractivity contribution in [2.45, 2.75) is 6.92 Å². The summed E-state index contributed by atoms with van der Waals surface area (Å²) >= 11 is 1.58. The van der Waals surface area contributed by atoms with E-state index in [1.807, 2.05) is 55.5 Å². The first-order chi connectivity index (χ1) is 10.8. The molecule has 0 radical (unpaired) electrons. The van der Waals surface area contributed by atoms with Crippen molar-refractivity contribution >= 4 is 32.4 Å². The summed E-state index contributed by atoms with van der Waals surface area (Å²) < 4.78 is 1.14. The number of hydrazone groups is 1. The smallest absolute Gasteiger partial charge is 0.204 e. The molecule has 6 heteroatoms. The van der Waals surface area contributed by atoms with Crippen molar-refractivity contribution in [2.75, 3.05) is 12.5 Å². The van der Waals surface area contributed by atoms with Crippen LogP contribution in [0, 0.1) is 0 Å². The van der Waals surface area contributed by atoms with Crippen molar-refractivity contribution < 1.29 is 9.78 Å². The minimum atomic E-state index is 0.651. The fraction of sp³-hybridized carbons (Fsp3) is 0.125. The average Bonchev–Trinajstić information content (AvgIpc) is 2.96. The highest BCUT2D eigenvalue weighted by Gasteiger charge is 2.03. The highest BCUT2D eigenvalue weighted by molar-refractivity contribution is 7.22. The number of para-hydroxylation sites is 1. The normalized spacial score (nSPS) is 11.6. The van der Waals surface area contributed by atoms with Crippen LogP contribution in [0.4, 0.5) is 5.13 Å². The van der Waals surface area contributed by atoms with Crippen LogP contribution in [0.2, 0.25) is 0 Å². The number of aromatic nitrogens is 1. The topological polar surface area (TPSA) is 55.7 Å². The number of benzene rings is 2. The van der Waals surface area contributed by atoms with E-state index in [1.165, 1.54) is 7.11 Å². The van der Waals surface area contributed by atoms with E-state index in [4.69, 9.17) is 4.89 Å². The molecular weight excluding hydrogens is 298 g/mol. The van der Waals surface area contributed by atoms with Gasteiger partial charge in [0.25, 0.3) is 0 Å². The van der Waals surface area contributed by atoms with Gasteiger partial charge in [-0.1, -0.05) is 23.5 Å². The number of rotatable bonds is 5. The van der Waals surface area contributed by atoms with E-state index >= 15 is 0 Å². The molecule has 0 aliphatic heterocycles. The Morgan fingerprint density at radius 2 is 1.91 bits per heavy atom. The van der Waals surface area contributed by atoms with Gasteiger partial charge >= 0.3 is 0 Å². The third kappa shape index (κ3) is 3.24. The fourth-order valence-electron chi connectivity index (χ4n) is 1.96. The predicted molar refractivity (Wildman–Crippen MR) is 89.5 cm³/mol. The molecule has 0 bridgehead atoms. The summed E-state index contributed by atoms with van der Waals surface area (Å²) in [7, 11) is 1.47. The third-order valence-corrected chi connectivity index (χ3v) is 4.01. The Morgan fingerprint density at radius 3 is 2.64 bits per heavy atom. The lowest BCUT2D eigenvalue weighted by Crippen LogP contribution is -1.99. The van der Waals surface area contributed by atoms with E-state index in [2.05, 4.69) is 20.4 Å². The number of anilines is 1. The number of hydrogen-bond donors (Lipinski definition) is 1. The maximum absolute atomic E-state index is 4.94. The van der Waals surface area contributed by atoms with Gasteiger partial charge in [-0.05, 0) is 48.9 Å². The first-order valence-electron chi connectivity index (χ1n) is 6.73. The molecule has 0 saturated heterocycles. The van der Waals surface area contributed by atoms with Crippen LogP contribution in [0.1, 0.15) is 12.5 Å². The van der Waals surface area contributed by atoms with Crippen molar-refractivity contribution in [2.24, 2.45) is 5.10 Å². The van der Waals surface area contributed by atoms with Crippen molar-refractivity contribution in [1.29, 1.82) is 0 Å². The zero-order valence-electron chi connectivity index (χ0n) is 12.2. The maximum Gasteiger partial charge on any atom is 0.204 e. The second-order valence-electron chi connectivity index (χ2n) is 4.57. The van der Waals surface area contributed by atoms with Gasteiger partial charge in [0.2, 0.25) is 5.13 Å². The molecule has 22 heavy (non-hydrogen) atoms. The molecule has 0 fully saturated rings. The lowest BCUT2D eigenvalue weighted by Gasteiger charge is -2.03. The van der Waals surface area contributed by atoms with E-state index in [-0.39, 0.29) is 0 Å². The van der Waals surface area contributed by atoms with Gasteiger partial charge in [0.1, 0.15) is 0 Å². The predicted octanol–water partition coefficient (Wildman–Crippen LogP) is 4.07. The molecule has 0 atom stereocenters. The molecule has 1 heterocycles. The van der Waals surface area contributed by atoms with Crippen molar-refractivity contribution in [3.8, 4) is 5.75 Å². The molecule has 0 aliphatic rings. The summed E-state index contributed by atoms with van der Waals surface area (Å²) in [6, 6.07) is 15.5. The SMILES string of the molecule is COOc1ccc(/C(C)=N\Nc2nc3ccccc3s2)cc1. The highest BCUT2D eigenvalue weighted by Crippen LogP contribution is 2.25. The molecule has 2 aromatic carbocycles. The minimum Gasteiger partial charge on any atom is -0.338 e. The Morgan fingerprint density at radius 1 is 1.14 bits per heavy atom. The molecule has 3 rings (SSSR count). The van der Waals surface area contributed by atoms with Gasteiger partial charge in [0.05, 0.1) is 23.0 Å². The first kappa shape index (κ1) is 14.5. The van der Waals surface area contributed by atoms with Gasteiger partial charge in [-0.25, -0.2) is 4.98 Å². The number of thiazole rings is 1. The van der Waals surface area contributed by atoms with Gasteiger partial charge in [-0.3, -0.25) is 5.43 Å². The molecule has 0 unspecified atom stereocenters. The maximum atomic E-state index is 4.94. The molecule has 3 aromatic rings. The molecule has 5 nitrogen and oxygen atoms in total. The second kappa shape index (κ2) is 6.55. The van der Waals surface area contributed by atoms with E-state index in [9.17, 15) is 0 Å². The van der Waals surface area contributed by atoms with Crippen LogP contribution < -0.4 is 10.3 Å². The molecule has 0 amide bonds. The summed E-state index contributed by atoms with van der Waals surface area (Å²) in [4.78, 5) is 14.0. The summed E-state index contributed by atoms with van der Waals surface area (Å²) in [5.74, 6) is 0.651. The molecule has 0 aliphatic carbocycles. The van der Waals surface area contributed by atoms with Crippen LogP contribution in [0.15, 0.2) is 53.6 Å². The number of hydrogen-bond acceptors (Lipinski definition) is 6. The number of nitrogens with zero attached hydrogens (tertiary/aromatic N) is 2. The lowest BCUT2D eigenvalue weighted by molar-refractivity contribution is -0.178. The molecule has 0 saturated carbocycles. The molecule has 0 spiro atoms. The molecule has 112 valence electrons. The van der Waals surface area contributed by atoms with Crippen LogP contribution in [0.25, 0.3) is 10.2 Å². The van der Waals surface area contributed by atoms with Gasteiger partial charge in [0.15, 0.2) is 5.75 Å².